The Bertz CT molecular complexity index is 1170. The van der Waals surface area contributed by atoms with Gasteiger partial charge in [0.05, 0.1) is 13.2 Å². The van der Waals surface area contributed by atoms with Crippen LogP contribution in [0.25, 0.3) is 17.2 Å². The van der Waals surface area contributed by atoms with Crippen molar-refractivity contribution in [2.24, 2.45) is 7.05 Å². The number of carbonyl (C=O) groups is 1. The Morgan fingerprint density at radius 3 is 2.60 bits per heavy atom. The Hall–Kier alpha value is -3.72. The normalized spacial score (nSPS) is 13.2. The van der Waals surface area contributed by atoms with Crippen molar-refractivity contribution in [3.8, 4) is 16.9 Å². The zero-order valence-corrected chi connectivity index (χ0v) is 20.2. The van der Waals surface area contributed by atoms with E-state index in [4.69, 9.17) is 9.47 Å². The maximum atomic E-state index is 11.8. The molecule has 0 fully saturated rings. The van der Waals surface area contributed by atoms with Gasteiger partial charge in [-0.1, -0.05) is 31.5 Å². The molecule has 1 N–H and O–H groups in total. The molecule has 3 aromatic rings. The predicted molar refractivity (Wildman–Crippen MR) is 133 cm³/mol. The number of unbranched alkanes of at least 4 members (excludes halogenated alkanes) is 1. The summed E-state index contributed by atoms with van der Waals surface area (Å²) in [6, 6.07) is 14.0. The second-order valence-electron chi connectivity index (χ2n) is 8.48. The molecule has 0 atom stereocenters. The number of nitrogens with zero attached hydrogens (tertiary/aromatic N) is 5. The van der Waals surface area contributed by atoms with Crippen LogP contribution in [0.4, 0.5) is 5.69 Å². The number of hydrogen-bond acceptors (Lipinski definition) is 7. The van der Waals surface area contributed by atoms with E-state index in [0.717, 1.165) is 47.6 Å². The first-order valence-corrected chi connectivity index (χ1v) is 11.9. The first-order valence-electron chi connectivity index (χ1n) is 11.9. The van der Waals surface area contributed by atoms with E-state index in [0.29, 0.717) is 44.1 Å². The highest BCUT2D eigenvalue weighted by molar-refractivity contribution is 5.94. The SMILES string of the molecule is CCCCOCCOc1ccc(-c2ccc3c(c2)C=C(C(=O)O)CCN3Cc2nnnn2C)cc1. The predicted octanol–water partition coefficient (Wildman–Crippen LogP) is 3.95. The number of anilines is 1. The Morgan fingerprint density at radius 1 is 1.09 bits per heavy atom. The summed E-state index contributed by atoms with van der Waals surface area (Å²) in [5, 5.41) is 21.4. The van der Waals surface area contributed by atoms with Crippen molar-refractivity contribution in [3.63, 3.8) is 0 Å². The monoisotopic (exact) mass is 477 g/mol. The van der Waals surface area contributed by atoms with Crippen molar-refractivity contribution in [2.45, 2.75) is 32.7 Å². The van der Waals surface area contributed by atoms with Gasteiger partial charge in [-0.15, -0.1) is 5.10 Å². The van der Waals surface area contributed by atoms with Crippen molar-refractivity contribution in [3.05, 3.63) is 59.4 Å². The lowest BCUT2D eigenvalue weighted by atomic mass is 10.00. The summed E-state index contributed by atoms with van der Waals surface area (Å²) in [6.45, 7) is 5.05. The zero-order valence-electron chi connectivity index (χ0n) is 20.2. The number of tetrazole rings is 1. The quantitative estimate of drug-likeness (QED) is 0.414. The van der Waals surface area contributed by atoms with E-state index in [1.54, 1.807) is 17.8 Å². The number of aryl methyl sites for hydroxylation is 1. The summed E-state index contributed by atoms with van der Waals surface area (Å²) >= 11 is 0. The highest BCUT2D eigenvalue weighted by Crippen LogP contribution is 2.33. The fraction of sp³-hybridized carbons (Fsp3) is 0.385. The molecule has 2 aromatic carbocycles. The van der Waals surface area contributed by atoms with Gasteiger partial charge in [0.25, 0.3) is 0 Å². The molecule has 0 saturated carbocycles. The number of rotatable bonds is 11. The summed E-state index contributed by atoms with van der Waals surface area (Å²) in [7, 11) is 1.80. The molecule has 0 spiro atoms. The van der Waals surface area contributed by atoms with Crippen LogP contribution in [0.15, 0.2) is 48.0 Å². The third kappa shape index (κ3) is 6.24. The highest BCUT2D eigenvalue weighted by Gasteiger charge is 2.21. The molecular formula is C26H31N5O4. The van der Waals surface area contributed by atoms with Crippen molar-refractivity contribution < 1.29 is 19.4 Å². The molecule has 0 amide bonds. The highest BCUT2D eigenvalue weighted by atomic mass is 16.5. The molecule has 9 nitrogen and oxygen atoms in total. The standard InChI is InChI=1S/C26H31N5O4/c1-3-4-13-34-14-15-35-23-8-5-19(6-9-23)20-7-10-24-22(16-20)17-21(26(32)33)11-12-31(24)18-25-27-28-29-30(25)2/h5-10,16-17H,3-4,11-15,18H2,1-2H3,(H,32,33). The van der Waals surface area contributed by atoms with Gasteiger partial charge in [-0.2, -0.15) is 0 Å². The molecular weight excluding hydrogens is 446 g/mol. The van der Waals surface area contributed by atoms with Crippen LogP contribution in [0, 0.1) is 0 Å². The van der Waals surface area contributed by atoms with Gasteiger partial charge in [0.1, 0.15) is 12.4 Å². The maximum Gasteiger partial charge on any atom is 0.331 e. The van der Waals surface area contributed by atoms with Gasteiger partial charge in [-0.25, -0.2) is 9.48 Å². The lowest BCUT2D eigenvalue weighted by Crippen LogP contribution is -2.26. The molecule has 1 aliphatic rings. The topological polar surface area (TPSA) is 103 Å². The van der Waals surface area contributed by atoms with E-state index in [1.807, 2.05) is 36.4 Å². The average Bonchev–Trinajstić information content (AvgIpc) is 3.17. The van der Waals surface area contributed by atoms with Gasteiger partial charge < -0.3 is 19.5 Å². The number of aliphatic carboxylic acids is 1. The lowest BCUT2D eigenvalue weighted by molar-refractivity contribution is -0.132. The molecule has 0 saturated heterocycles. The van der Waals surface area contributed by atoms with E-state index in [1.165, 1.54) is 0 Å². The van der Waals surface area contributed by atoms with E-state index in [-0.39, 0.29) is 0 Å². The van der Waals surface area contributed by atoms with Crippen LogP contribution in [0.3, 0.4) is 0 Å². The maximum absolute atomic E-state index is 11.8. The first-order chi connectivity index (χ1) is 17.0. The first kappa shape index (κ1) is 24.4. The van der Waals surface area contributed by atoms with E-state index in [2.05, 4.69) is 33.4 Å². The smallest absolute Gasteiger partial charge is 0.331 e. The van der Waals surface area contributed by atoms with Crippen LogP contribution in [-0.2, 0) is 23.1 Å². The van der Waals surface area contributed by atoms with Gasteiger partial charge in [0.2, 0.25) is 0 Å². The average molecular weight is 478 g/mol. The molecule has 0 unspecified atom stereocenters. The minimum absolute atomic E-state index is 0.381. The van der Waals surface area contributed by atoms with Gasteiger partial charge in [0.15, 0.2) is 5.82 Å². The zero-order chi connectivity index (χ0) is 24.6. The number of carboxylic acids is 1. The Morgan fingerprint density at radius 2 is 1.89 bits per heavy atom. The minimum atomic E-state index is -0.899. The van der Waals surface area contributed by atoms with Crippen molar-refractivity contribution in [2.75, 3.05) is 31.3 Å². The molecule has 35 heavy (non-hydrogen) atoms. The largest absolute Gasteiger partial charge is 0.491 e. The van der Waals surface area contributed by atoms with Crippen LogP contribution in [-0.4, -0.2) is 57.6 Å². The molecule has 0 aliphatic carbocycles. The third-order valence-corrected chi connectivity index (χ3v) is 5.99. The molecule has 184 valence electrons. The number of fused-ring (bicyclic) bond motifs is 1. The van der Waals surface area contributed by atoms with Gasteiger partial charge in [-0.3, -0.25) is 0 Å². The van der Waals surface area contributed by atoms with Gasteiger partial charge >= 0.3 is 5.97 Å². The second kappa shape index (κ2) is 11.6. The fourth-order valence-electron chi connectivity index (χ4n) is 3.97. The Kier molecular flexibility index (Phi) is 8.10. The van der Waals surface area contributed by atoms with Crippen molar-refractivity contribution in [1.29, 1.82) is 0 Å². The molecule has 4 rings (SSSR count). The van der Waals surface area contributed by atoms with Crippen LogP contribution in [0.1, 0.15) is 37.6 Å². The molecule has 0 bridgehead atoms. The molecule has 0 radical (unpaired) electrons. The summed E-state index contributed by atoms with van der Waals surface area (Å²) in [5.74, 6) is 0.605. The van der Waals surface area contributed by atoms with Crippen LogP contribution in [0.2, 0.25) is 0 Å². The van der Waals surface area contributed by atoms with Crippen molar-refractivity contribution in [1.82, 2.24) is 20.2 Å². The number of benzene rings is 2. The summed E-state index contributed by atoms with van der Waals surface area (Å²) in [5.41, 5.74) is 4.22. The summed E-state index contributed by atoms with van der Waals surface area (Å²) < 4.78 is 12.9. The minimum Gasteiger partial charge on any atom is -0.491 e. The van der Waals surface area contributed by atoms with E-state index < -0.39 is 5.97 Å². The number of hydrogen-bond donors (Lipinski definition) is 1. The second-order valence-corrected chi connectivity index (χ2v) is 8.48. The van der Waals surface area contributed by atoms with E-state index >= 15 is 0 Å². The van der Waals surface area contributed by atoms with Gasteiger partial charge in [0, 0.05) is 31.5 Å². The molecule has 1 aliphatic heterocycles. The number of carboxylic acid groups (broad SMARTS) is 1. The number of aromatic nitrogens is 4. The van der Waals surface area contributed by atoms with E-state index in [9.17, 15) is 9.90 Å². The van der Waals surface area contributed by atoms with Gasteiger partial charge in [-0.05, 0) is 70.3 Å². The third-order valence-electron chi connectivity index (χ3n) is 5.99. The van der Waals surface area contributed by atoms with Crippen molar-refractivity contribution >= 4 is 17.7 Å². The van der Waals surface area contributed by atoms with Crippen LogP contribution >= 0.6 is 0 Å². The Balaban J connectivity index is 1.51. The molecule has 9 heteroatoms. The van der Waals surface area contributed by atoms with Crippen LogP contribution in [0.5, 0.6) is 5.75 Å². The summed E-state index contributed by atoms with van der Waals surface area (Å²) in [6.07, 6.45) is 4.38. The fourth-order valence-corrected chi connectivity index (χ4v) is 3.97. The molecule has 2 heterocycles. The number of ether oxygens (including phenoxy) is 2. The lowest BCUT2D eigenvalue weighted by Gasteiger charge is -2.24. The summed E-state index contributed by atoms with van der Waals surface area (Å²) in [4.78, 5) is 13.9. The Labute approximate surface area is 205 Å². The van der Waals surface area contributed by atoms with Crippen LogP contribution < -0.4 is 9.64 Å². The molecule has 1 aromatic heterocycles.